The number of hydrogen-bond donors (Lipinski definition) is 2. The lowest BCUT2D eigenvalue weighted by atomic mass is 10.2. The zero-order chi connectivity index (χ0) is 11.3. The molecular weight excluding hydrogens is 230 g/mol. The van der Waals surface area contributed by atoms with Gasteiger partial charge >= 0.3 is 0 Å². The maximum Gasteiger partial charge on any atom is 0.188 e. The lowest BCUT2D eigenvalue weighted by Crippen LogP contribution is -2.34. The predicted molar refractivity (Wildman–Crippen MR) is 67.5 cm³/mol. The van der Waals surface area contributed by atoms with E-state index >= 15 is 0 Å². The first-order valence-corrected chi connectivity index (χ1v) is 6.05. The van der Waals surface area contributed by atoms with Crippen LogP contribution in [0.2, 0.25) is 4.34 Å². The molecule has 0 aliphatic rings. The van der Waals surface area contributed by atoms with Crippen molar-refractivity contribution < 1.29 is 0 Å². The second-order valence-electron chi connectivity index (χ2n) is 3.68. The van der Waals surface area contributed by atoms with E-state index in [9.17, 15) is 0 Å². The van der Waals surface area contributed by atoms with E-state index in [1.807, 2.05) is 12.1 Å². The molecule has 1 aromatic rings. The fourth-order valence-electron chi connectivity index (χ4n) is 0.964. The quantitative estimate of drug-likeness (QED) is 0.633. The molecule has 5 heteroatoms. The standard InChI is InChI=1S/C10H16ClN3S/c1-7(2)5-13-10(12)14-6-8-3-4-9(11)15-8/h3-4,7H,5-6H2,1-2H3,(H3,12,13,14). The summed E-state index contributed by atoms with van der Waals surface area (Å²) < 4.78 is 0.786. The van der Waals surface area contributed by atoms with E-state index in [1.54, 1.807) is 0 Å². The molecule has 0 saturated heterocycles. The van der Waals surface area contributed by atoms with Gasteiger partial charge in [-0.3, -0.25) is 0 Å². The third kappa shape index (κ3) is 5.04. The zero-order valence-electron chi connectivity index (χ0n) is 8.96. The highest BCUT2D eigenvalue weighted by Crippen LogP contribution is 2.21. The van der Waals surface area contributed by atoms with Gasteiger partial charge in [0, 0.05) is 11.4 Å². The van der Waals surface area contributed by atoms with Gasteiger partial charge in [0.05, 0.1) is 10.9 Å². The van der Waals surface area contributed by atoms with Gasteiger partial charge in [-0.15, -0.1) is 11.3 Å². The Bertz CT molecular complexity index is 333. The summed E-state index contributed by atoms with van der Waals surface area (Å²) in [5.74, 6) is 1.06. The molecule has 0 radical (unpaired) electrons. The summed E-state index contributed by atoms with van der Waals surface area (Å²) in [4.78, 5) is 5.33. The van der Waals surface area contributed by atoms with Gasteiger partial charge in [-0.2, -0.15) is 0 Å². The minimum absolute atomic E-state index is 0.494. The molecule has 0 bridgehead atoms. The van der Waals surface area contributed by atoms with Crippen LogP contribution in [0.4, 0.5) is 0 Å². The summed E-state index contributed by atoms with van der Waals surface area (Å²) in [6, 6.07) is 3.83. The number of aliphatic imine (C=N–C) groups is 1. The highest BCUT2D eigenvalue weighted by molar-refractivity contribution is 7.16. The smallest absolute Gasteiger partial charge is 0.188 e. The second kappa shape index (κ2) is 5.98. The molecule has 0 aromatic carbocycles. The maximum absolute atomic E-state index is 5.80. The minimum Gasteiger partial charge on any atom is -0.370 e. The van der Waals surface area contributed by atoms with Crippen LogP contribution in [0.1, 0.15) is 18.7 Å². The van der Waals surface area contributed by atoms with Gasteiger partial charge in [-0.05, 0) is 18.1 Å². The van der Waals surface area contributed by atoms with E-state index in [2.05, 4.69) is 24.2 Å². The van der Waals surface area contributed by atoms with Crippen LogP contribution in [0.3, 0.4) is 0 Å². The van der Waals surface area contributed by atoms with E-state index in [0.717, 1.165) is 15.8 Å². The lowest BCUT2D eigenvalue weighted by molar-refractivity contribution is 0.622. The van der Waals surface area contributed by atoms with Gasteiger partial charge in [0.1, 0.15) is 0 Å². The molecule has 15 heavy (non-hydrogen) atoms. The summed E-state index contributed by atoms with van der Waals surface area (Å²) >= 11 is 7.33. The molecule has 84 valence electrons. The number of nitrogens with two attached hydrogens (primary N) is 1. The first kappa shape index (κ1) is 12.3. The van der Waals surface area contributed by atoms with Crippen LogP contribution >= 0.6 is 22.9 Å². The van der Waals surface area contributed by atoms with Crippen molar-refractivity contribution in [3.8, 4) is 0 Å². The fourth-order valence-corrected chi connectivity index (χ4v) is 1.98. The number of hydrogen-bond acceptors (Lipinski definition) is 2. The largest absolute Gasteiger partial charge is 0.370 e. The minimum atomic E-state index is 0.494. The summed E-state index contributed by atoms with van der Waals surface area (Å²) in [6.07, 6.45) is 0. The van der Waals surface area contributed by atoms with Crippen molar-refractivity contribution in [1.82, 2.24) is 5.32 Å². The van der Waals surface area contributed by atoms with Crippen molar-refractivity contribution in [2.45, 2.75) is 20.4 Å². The SMILES string of the molecule is CC(C)CNC(N)=NCc1ccc(Cl)s1. The molecule has 0 unspecified atom stereocenters. The van der Waals surface area contributed by atoms with Gasteiger partial charge < -0.3 is 11.1 Å². The van der Waals surface area contributed by atoms with Gasteiger partial charge in [-0.1, -0.05) is 25.4 Å². The van der Waals surface area contributed by atoms with E-state index in [4.69, 9.17) is 17.3 Å². The molecule has 0 aliphatic heterocycles. The summed E-state index contributed by atoms with van der Waals surface area (Å²) in [6.45, 7) is 5.69. The third-order valence-electron chi connectivity index (χ3n) is 1.73. The molecule has 0 saturated carbocycles. The van der Waals surface area contributed by atoms with Gasteiger partial charge in [0.15, 0.2) is 5.96 Å². The molecule has 0 aliphatic carbocycles. The highest BCUT2D eigenvalue weighted by Gasteiger charge is 1.98. The zero-order valence-corrected chi connectivity index (χ0v) is 10.5. The molecule has 1 rings (SSSR count). The van der Waals surface area contributed by atoms with Crippen LogP contribution in [-0.2, 0) is 6.54 Å². The molecule has 0 atom stereocenters. The van der Waals surface area contributed by atoms with Crippen molar-refractivity contribution in [3.05, 3.63) is 21.3 Å². The Kier molecular flexibility index (Phi) is 4.91. The average molecular weight is 246 g/mol. The van der Waals surface area contributed by atoms with Crippen LogP contribution in [0.25, 0.3) is 0 Å². The Morgan fingerprint density at radius 2 is 2.33 bits per heavy atom. The molecule has 3 nitrogen and oxygen atoms in total. The number of nitrogens with zero attached hydrogens (tertiary/aromatic N) is 1. The van der Waals surface area contributed by atoms with E-state index in [-0.39, 0.29) is 0 Å². The summed E-state index contributed by atoms with van der Waals surface area (Å²) in [5.41, 5.74) is 5.69. The normalized spacial score (nSPS) is 12.1. The second-order valence-corrected chi connectivity index (χ2v) is 5.48. The highest BCUT2D eigenvalue weighted by atomic mass is 35.5. The van der Waals surface area contributed by atoms with Gasteiger partial charge in [-0.25, -0.2) is 4.99 Å². The number of halogens is 1. The molecule has 0 fully saturated rings. The monoisotopic (exact) mass is 245 g/mol. The summed E-state index contributed by atoms with van der Waals surface area (Å²) in [5, 5.41) is 3.06. The van der Waals surface area contributed by atoms with Crippen LogP contribution < -0.4 is 11.1 Å². The van der Waals surface area contributed by atoms with Crippen molar-refractivity contribution in [1.29, 1.82) is 0 Å². The Balaban J connectivity index is 2.36. The van der Waals surface area contributed by atoms with Crippen molar-refractivity contribution >= 4 is 28.9 Å². The first-order chi connectivity index (χ1) is 7.08. The Morgan fingerprint density at radius 1 is 1.60 bits per heavy atom. The predicted octanol–water partition coefficient (Wildman–Crippen LogP) is 2.46. The van der Waals surface area contributed by atoms with Crippen LogP contribution in [0.15, 0.2) is 17.1 Å². The first-order valence-electron chi connectivity index (χ1n) is 4.86. The van der Waals surface area contributed by atoms with Crippen molar-refractivity contribution in [2.75, 3.05) is 6.54 Å². The lowest BCUT2D eigenvalue weighted by Gasteiger charge is -2.07. The van der Waals surface area contributed by atoms with Crippen molar-refractivity contribution in [3.63, 3.8) is 0 Å². The maximum atomic E-state index is 5.80. The fraction of sp³-hybridized carbons (Fsp3) is 0.500. The van der Waals surface area contributed by atoms with Gasteiger partial charge in [0.2, 0.25) is 0 Å². The number of rotatable bonds is 4. The molecule has 1 heterocycles. The molecule has 0 spiro atoms. The Morgan fingerprint density at radius 3 is 2.87 bits per heavy atom. The third-order valence-corrected chi connectivity index (χ3v) is 2.94. The van der Waals surface area contributed by atoms with Crippen LogP contribution in [-0.4, -0.2) is 12.5 Å². The topological polar surface area (TPSA) is 50.4 Å². The van der Waals surface area contributed by atoms with Crippen molar-refractivity contribution in [2.24, 2.45) is 16.6 Å². The van der Waals surface area contributed by atoms with E-state index in [0.29, 0.717) is 18.4 Å². The Hall–Kier alpha value is -0.740. The van der Waals surface area contributed by atoms with Gasteiger partial charge in [0.25, 0.3) is 0 Å². The molecular formula is C10H16ClN3S. The number of guanidine groups is 1. The molecule has 0 amide bonds. The number of thiophene rings is 1. The Labute approximate surface area is 99.3 Å². The summed E-state index contributed by atoms with van der Waals surface area (Å²) in [7, 11) is 0. The molecule has 1 aromatic heterocycles. The van der Waals surface area contributed by atoms with Crippen LogP contribution in [0.5, 0.6) is 0 Å². The average Bonchev–Trinajstić information content (AvgIpc) is 2.58. The van der Waals surface area contributed by atoms with E-state index in [1.165, 1.54) is 11.3 Å². The van der Waals surface area contributed by atoms with Crippen LogP contribution in [0, 0.1) is 5.92 Å². The van der Waals surface area contributed by atoms with E-state index < -0.39 is 0 Å². The molecule has 3 N–H and O–H groups in total. The number of nitrogens with one attached hydrogen (secondary N) is 1.